The molecule has 178 valence electrons. The molecule has 1 saturated heterocycles. The molecule has 0 spiro atoms. The fraction of sp³-hybridized carbons (Fsp3) is 0.440. The van der Waals surface area contributed by atoms with Crippen molar-refractivity contribution in [1.29, 1.82) is 0 Å². The predicted octanol–water partition coefficient (Wildman–Crippen LogP) is 1.13. The van der Waals surface area contributed by atoms with Crippen molar-refractivity contribution in [2.24, 2.45) is 0 Å². The Bertz CT molecular complexity index is 945. The molecule has 0 radical (unpaired) electrons. The highest BCUT2D eigenvalue weighted by molar-refractivity contribution is 5.99. The highest BCUT2D eigenvalue weighted by atomic mass is 16.5. The predicted molar refractivity (Wildman–Crippen MR) is 123 cm³/mol. The van der Waals surface area contributed by atoms with Crippen LogP contribution in [-0.4, -0.2) is 66.1 Å². The van der Waals surface area contributed by atoms with Crippen molar-refractivity contribution in [3.8, 4) is 0 Å². The molecular weight excluding hydrogens is 424 g/mol. The van der Waals surface area contributed by atoms with Crippen LogP contribution in [0.4, 0.5) is 0 Å². The Morgan fingerprint density at radius 1 is 0.970 bits per heavy atom. The van der Waals surface area contributed by atoms with Crippen molar-refractivity contribution in [3.63, 3.8) is 0 Å². The second-order valence-corrected chi connectivity index (χ2v) is 8.33. The molecule has 33 heavy (non-hydrogen) atoms. The highest BCUT2D eigenvalue weighted by Crippen LogP contribution is 2.32. The number of carbonyl (C=O) groups excluding carboxylic acids is 2. The molecule has 4 atom stereocenters. The summed E-state index contributed by atoms with van der Waals surface area (Å²) >= 11 is 0. The standard InChI is InChI=1S/C25H32N2O6/c1-26-24(31)18-10-16(11-19(12-18)25(32)27-2)7-3-5-15-6-4-8-17(9-15)23-22(30)21(29)13-20(14-28)33-23/h4,6,8-12,20-23,28-30H,3,5,7,13-14H2,1-2H3,(H,26,31)(H,27,32). The van der Waals surface area contributed by atoms with Gasteiger partial charge in [-0.3, -0.25) is 9.59 Å². The van der Waals surface area contributed by atoms with E-state index in [1.807, 2.05) is 24.3 Å². The number of hydrogen-bond acceptors (Lipinski definition) is 6. The number of hydrogen-bond donors (Lipinski definition) is 5. The first-order valence-electron chi connectivity index (χ1n) is 11.2. The Labute approximate surface area is 193 Å². The summed E-state index contributed by atoms with van der Waals surface area (Å²) in [5, 5.41) is 35.1. The van der Waals surface area contributed by atoms with Crippen LogP contribution < -0.4 is 10.6 Å². The van der Waals surface area contributed by atoms with Gasteiger partial charge in [-0.2, -0.15) is 0 Å². The average molecular weight is 457 g/mol. The number of benzene rings is 2. The number of aryl methyl sites for hydroxylation is 2. The molecule has 5 N–H and O–H groups in total. The zero-order valence-corrected chi connectivity index (χ0v) is 19.0. The molecule has 1 heterocycles. The third-order valence-electron chi connectivity index (χ3n) is 5.93. The van der Waals surface area contributed by atoms with Crippen molar-refractivity contribution < 1.29 is 29.6 Å². The number of ether oxygens (including phenoxy) is 1. The van der Waals surface area contributed by atoms with Crippen molar-refractivity contribution in [1.82, 2.24) is 10.6 Å². The number of nitrogens with one attached hydrogen (secondary N) is 2. The first kappa shape index (κ1) is 24.9. The Morgan fingerprint density at radius 3 is 2.21 bits per heavy atom. The maximum Gasteiger partial charge on any atom is 0.251 e. The van der Waals surface area contributed by atoms with E-state index >= 15 is 0 Å². The molecular formula is C25H32N2O6. The smallest absolute Gasteiger partial charge is 0.251 e. The third kappa shape index (κ3) is 6.17. The van der Waals surface area contributed by atoms with Gasteiger partial charge in [0.05, 0.1) is 18.8 Å². The molecule has 2 aromatic carbocycles. The first-order chi connectivity index (χ1) is 15.9. The van der Waals surface area contributed by atoms with Gasteiger partial charge in [0.15, 0.2) is 0 Å². The summed E-state index contributed by atoms with van der Waals surface area (Å²) in [6, 6.07) is 12.8. The van der Waals surface area contributed by atoms with E-state index in [4.69, 9.17) is 4.74 Å². The van der Waals surface area contributed by atoms with Gasteiger partial charge in [0.25, 0.3) is 11.8 Å². The molecule has 0 saturated carbocycles. The van der Waals surface area contributed by atoms with E-state index in [-0.39, 0.29) is 24.8 Å². The van der Waals surface area contributed by atoms with Crippen LogP contribution in [-0.2, 0) is 17.6 Å². The minimum atomic E-state index is -1.06. The van der Waals surface area contributed by atoms with Gasteiger partial charge in [0, 0.05) is 31.6 Å². The molecule has 3 rings (SSSR count). The normalized spacial score (nSPS) is 22.6. The summed E-state index contributed by atoms with van der Waals surface area (Å²) in [6.45, 7) is -0.215. The topological polar surface area (TPSA) is 128 Å². The van der Waals surface area contributed by atoms with E-state index < -0.39 is 24.4 Å². The van der Waals surface area contributed by atoms with E-state index in [0.717, 1.165) is 29.5 Å². The summed E-state index contributed by atoms with van der Waals surface area (Å²) in [6.07, 6.45) is -0.838. The molecule has 8 nitrogen and oxygen atoms in total. The molecule has 8 heteroatoms. The Balaban J connectivity index is 1.70. The Hall–Kier alpha value is -2.78. The van der Waals surface area contributed by atoms with Crippen LogP contribution in [0.5, 0.6) is 0 Å². The van der Waals surface area contributed by atoms with Crippen LogP contribution in [0.25, 0.3) is 0 Å². The van der Waals surface area contributed by atoms with Gasteiger partial charge in [-0.1, -0.05) is 24.3 Å². The van der Waals surface area contributed by atoms with Crippen molar-refractivity contribution in [3.05, 3.63) is 70.3 Å². The van der Waals surface area contributed by atoms with Crippen LogP contribution in [0.2, 0.25) is 0 Å². The van der Waals surface area contributed by atoms with Gasteiger partial charge in [-0.25, -0.2) is 0 Å². The van der Waals surface area contributed by atoms with Gasteiger partial charge < -0.3 is 30.7 Å². The third-order valence-corrected chi connectivity index (χ3v) is 5.93. The van der Waals surface area contributed by atoms with Crippen molar-refractivity contribution in [2.75, 3.05) is 20.7 Å². The van der Waals surface area contributed by atoms with E-state index in [0.29, 0.717) is 17.5 Å². The van der Waals surface area contributed by atoms with Gasteiger partial charge in [-0.05, 0) is 54.2 Å². The lowest BCUT2D eigenvalue weighted by atomic mass is 9.92. The monoisotopic (exact) mass is 456 g/mol. The zero-order valence-electron chi connectivity index (χ0n) is 19.0. The average Bonchev–Trinajstić information content (AvgIpc) is 2.84. The molecule has 0 aliphatic carbocycles. The fourth-order valence-corrected chi connectivity index (χ4v) is 4.16. The van der Waals surface area contributed by atoms with Gasteiger partial charge >= 0.3 is 0 Å². The quantitative estimate of drug-likeness (QED) is 0.405. The Kier molecular flexibility index (Phi) is 8.57. The van der Waals surface area contributed by atoms with E-state index in [2.05, 4.69) is 10.6 Å². The maximum absolute atomic E-state index is 12.1. The zero-order chi connectivity index (χ0) is 24.0. The summed E-state index contributed by atoms with van der Waals surface area (Å²) in [5.41, 5.74) is 3.57. The van der Waals surface area contributed by atoms with E-state index in [9.17, 15) is 24.9 Å². The summed E-state index contributed by atoms with van der Waals surface area (Å²) in [7, 11) is 3.10. The van der Waals surface area contributed by atoms with E-state index in [1.165, 1.54) is 0 Å². The van der Waals surface area contributed by atoms with Gasteiger partial charge in [0.2, 0.25) is 0 Å². The van der Waals surface area contributed by atoms with Crippen LogP contribution in [0.15, 0.2) is 42.5 Å². The lowest BCUT2D eigenvalue weighted by molar-refractivity contribution is -0.179. The molecule has 0 aromatic heterocycles. The van der Waals surface area contributed by atoms with Crippen LogP contribution in [0.3, 0.4) is 0 Å². The molecule has 0 bridgehead atoms. The fourth-order valence-electron chi connectivity index (χ4n) is 4.16. The SMILES string of the molecule is CNC(=O)c1cc(CCCc2cccc(C3OC(CO)CC(O)C3O)c2)cc(C(=O)NC)c1. The molecule has 1 aliphatic rings. The summed E-state index contributed by atoms with van der Waals surface area (Å²) < 4.78 is 5.79. The molecule has 2 amide bonds. The molecule has 1 fully saturated rings. The second-order valence-electron chi connectivity index (χ2n) is 8.33. The van der Waals surface area contributed by atoms with Crippen LogP contribution in [0, 0.1) is 0 Å². The van der Waals surface area contributed by atoms with Gasteiger partial charge in [0.1, 0.15) is 12.2 Å². The minimum absolute atomic E-state index is 0.195. The number of aliphatic hydroxyl groups is 3. The van der Waals surface area contributed by atoms with Crippen molar-refractivity contribution >= 4 is 11.8 Å². The number of aliphatic hydroxyl groups excluding tert-OH is 3. The van der Waals surface area contributed by atoms with Crippen molar-refractivity contribution in [2.45, 2.75) is 50.1 Å². The largest absolute Gasteiger partial charge is 0.394 e. The second kappa shape index (κ2) is 11.4. The number of carbonyl (C=O) groups is 2. The van der Waals surface area contributed by atoms with Crippen LogP contribution in [0.1, 0.15) is 56.4 Å². The number of amides is 2. The molecule has 4 unspecified atom stereocenters. The minimum Gasteiger partial charge on any atom is -0.394 e. The molecule has 2 aromatic rings. The lowest BCUT2D eigenvalue weighted by Crippen LogP contribution is -2.44. The highest BCUT2D eigenvalue weighted by Gasteiger charge is 2.37. The van der Waals surface area contributed by atoms with Gasteiger partial charge in [-0.15, -0.1) is 0 Å². The first-order valence-corrected chi connectivity index (χ1v) is 11.2. The maximum atomic E-state index is 12.1. The number of rotatable bonds is 8. The lowest BCUT2D eigenvalue weighted by Gasteiger charge is -2.37. The summed E-state index contributed by atoms with van der Waals surface area (Å²) in [4.78, 5) is 24.2. The van der Waals surface area contributed by atoms with E-state index in [1.54, 1.807) is 32.3 Å². The van der Waals surface area contributed by atoms with Crippen LogP contribution >= 0.6 is 0 Å². The molecule has 1 aliphatic heterocycles. The summed E-state index contributed by atoms with van der Waals surface area (Å²) in [5.74, 6) is -0.492. The Morgan fingerprint density at radius 2 is 1.61 bits per heavy atom.